The van der Waals surface area contributed by atoms with Crippen molar-refractivity contribution in [3.05, 3.63) is 12.4 Å². The zero-order chi connectivity index (χ0) is 13.1. The van der Waals surface area contributed by atoms with Gasteiger partial charge >= 0.3 is 5.97 Å². The maximum Gasteiger partial charge on any atom is 0.305 e. The molecule has 18 heavy (non-hydrogen) atoms. The maximum absolute atomic E-state index is 10.9. The highest BCUT2D eigenvalue weighted by Crippen LogP contribution is 2.25. The van der Waals surface area contributed by atoms with Crippen LogP contribution in [0.3, 0.4) is 0 Å². The highest BCUT2D eigenvalue weighted by atomic mass is 16.4. The molecule has 1 unspecified atom stereocenters. The number of aromatic nitrogens is 6. The number of aliphatic carboxylic acids is 1. The van der Waals surface area contributed by atoms with E-state index in [2.05, 4.69) is 25.7 Å². The lowest BCUT2D eigenvalue weighted by atomic mass is 10.0. The van der Waals surface area contributed by atoms with Crippen LogP contribution >= 0.6 is 0 Å². The molecule has 0 amide bonds. The molecule has 2 aromatic rings. The van der Waals surface area contributed by atoms with Crippen LogP contribution in [0.1, 0.15) is 26.3 Å². The van der Waals surface area contributed by atoms with Crippen molar-refractivity contribution in [2.45, 2.75) is 26.3 Å². The largest absolute Gasteiger partial charge is 0.481 e. The van der Waals surface area contributed by atoms with Crippen LogP contribution in [-0.4, -0.2) is 41.5 Å². The van der Waals surface area contributed by atoms with Gasteiger partial charge in [0.2, 0.25) is 0 Å². The predicted molar refractivity (Wildman–Crippen MR) is 61.5 cm³/mol. The summed E-state index contributed by atoms with van der Waals surface area (Å²) in [5, 5.41) is 26.9. The average Bonchev–Trinajstić information content (AvgIpc) is 2.95. The molecule has 0 aliphatic carbocycles. The van der Waals surface area contributed by atoms with Gasteiger partial charge in [-0.15, -0.1) is 5.10 Å². The second-order valence-corrected chi connectivity index (χ2v) is 4.34. The van der Waals surface area contributed by atoms with Crippen LogP contribution < -0.4 is 0 Å². The van der Waals surface area contributed by atoms with E-state index in [0.29, 0.717) is 5.82 Å². The lowest BCUT2D eigenvalue weighted by molar-refractivity contribution is -0.138. The van der Waals surface area contributed by atoms with E-state index >= 15 is 0 Å². The van der Waals surface area contributed by atoms with Crippen molar-refractivity contribution < 1.29 is 9.90 Å². The molecule has 96 valence electrons. The molecule has 0 aliphatic heterocycles. The summed E-state index contributed by atoms with van der Waals surface area (Å²) >= 11 is 0. The van der Waals surface area contributed by atoms with Crippen LogP contribution in [-0.2, 0) is 4.79 Å². The van der Waals surface area contributed by atoms with Crippen LogP contribution in [0.4, 0.5) is 0 Å². The van der Waals surface area contributed by atoms with Gasteiger partial charge in [0.1, 0.15) is 0 Å². The number of H-pyrrole nitrogens is 1. The Balaban J connectivity index is 2.37. The Morgan fingerprint density at radius 3 is 2.89 bits per heavy atom. The first-order valence-electron chi connectivity index (χ1n) is 5.58. The Morgan fingerprint density at radius 2 is 2.33 bits per heavy atom. The molecule has 8 nitrogen and oxygen atoms in total. The van der Waals surface area contributed by atoms with Crippen LogP contribution in [0.25, 0.3) is 11.4 Å². The van der Waals surface area contributed by atoms with Crippen molar-refractivity contribution in [1.82, 2.24) is 30.4 Å². The minimum Gasteiger partial charge on any atom is -0.481 e. The quantitative estimate of drug-likeness (QED) is 0.809. The lowest BCUT2D eigenvalue weighted by Gasteiger charge is -2.19. The molecule has 2 N–H and O–H groups in total. The number of hydrogen-bond donors (Lipinski definition) is 2. The number of carboxylic acid groups (broad SMARTS) is 1. The SMILES string of the molecule is CC(C)C(CC(=O)O)n1nnnc1-c1cn[nH]c1. The van der Waals surface area contributed by atoms with Gasteiger partial charge in [0.05, 0.1) is 24.2 Å². The van der Waals surface area contributed by atoms with Crippen molar-refractivity contribution >= 4 is 5.97 Å². The fourth-order valence-electron chi connectivity index (χ4n) is 1.76. The number of carboxylic acids is 1. The monoisotopic (exact) mass is 250 g/mol. The summed E-state index contributed by atoms with van der Waals surface area (Å²) in [4.78, 5) is 10.9. The van der Waals surface area contributed by atoms with Gasteiger partial charge in [-0.25, -0.2) is 4.68 Å². The Kier molecular flexibility index (Phi) is 3.35. The third-order valence-electron chi connectivity index (χ3n) is 2.72. The fraction of sp³-hybridized carbons (Fsp3) is 0.500. The summed E-state index contributed by atoms with van der Waals surface area (Å²) in [7, 11) is 0. The Hall–Kier alpha value is -2.25. The number of nitrogens with one attached hydrogen (secondary N) is 1. The smallest absolute Gasteiger partial charge is 0.305 e. The standard InChI is InChI=1S/C10H14N6O2/c1-6(2)8(3-9(17)18)16-10(13-14-15-16)7-4-11-12-5-7/h4-6,8H,3H2,1-2H3,(H,11,12)(H,17,18). The molecular weight excluding hydrogens is 236 g/mol. The van der Waals surface area contributed by atoms with Crippen LogP contribution in [0.5, 0.6) is 0 Å². The number of hydrogen-bond acceptors (Lipinski definition) is 5. The third-order valence-corrected chi connectivity index (χ3v) is 2.72. The summed E-state index contributed by atoms with van der Waals surface area (Å²) in [6.45, 7) is 3.88. The van der Waals surface area contributed by atoms with Gasteiger partial charge in [0.25, 0.3) is 0 Å². The normalized spacial score (nSPS) is 12.8. The highest BCUT2D eigenvalue weighted by Gasteiger charge is 2.24. The van der Waals surface area contributed by atoms with Gasteiger partial charge in [-0.1, -0.05) is 13.8 Å². The molecule has 8 heteroatoms. The first-order chi connectivity index (χ1) is 8.59. The van der Waals surface area contributed by atoms with E-state index in [0.717, 1.165) is 5.56 Å². The zero-order valence-corrected chi connectivity index (χ0v) is 10.1. The fourth-order valence-corrected chi connectivity index (χ4v) is 1.76. The number of nitrogens with zero attached hydrogens (tertiary/aromatic N) is 5. The van der Waals surface area contributed by atoms with Crippen molar-refractivity contribution in [2.24, 2.45) is 5.92 Å². The van der Waals surface area contributed by atoms with Crippen molar-refractivity contribution in [1.29, 1.82) is 0 Å². The van der Waals surface area contributed by atoms with Crippen molar-refractivity contribution in [3.8, 4) is 11.4 Å². The number of aromatic amines is 1. The average molecular weight is 250 g/mol. The van der Waals surface area contributed by atoms with Crippen molar-refractivity contribution in [3.63, 3.8) is 0 Å². The minimum absolute atomic E-state index is 0.0203. The van der Waals surface area contributed by atoms with E-state index in [9.17, 15) is 4.79 Å². The first kappa shape index (κ1) is 12.2. The van der Waals surface area contributed by atoms with Crippen LogP contribution in [0.15, 0.2) is 12.4 Å². The molecule has 0 aromatic carbocycles. The van der Waals surface area contributed by atoms with E-state index in [1.165, 1.54) is 0 Å². The number of carbonyl (C=O) groups is 1. The topological polar surface area (TPSA) is 110 Å². The van der Waals surface area contributed by atoms with Gasteiger partial charge < -0.3 is 5.11 Å². The first-order valence-corrected chi connectivity index (χ1v) is 5.58. The minimum atomic E-state index is -0.873. The van der Waals surface area contributed by atoms with E-state index in [-0.39, 0.29) is 18.4 Å². The molecule has 0 spiro atoms. The second kappa shape index (κ2) is 4.94. The van der Waals surface area contributed by atoms with Crippen molar-refractivity contribution in [2.75, 3.05) is 0 Å². The summed E-state index contributed by atoms with van der Waals surface area (Å²) in [6, 6.07) is -0.289. The second-order valence-electron chi connectivity index (χ2n) is 4.34. The molecule has 0 saturated heterocycles. The molecule has 1 atom stereocenters. The van der Waals surface area contributed by atoms with E-state index < -0.39 is 5.97 Å². The maximum atomic E-state index is 10.9. The van der Waals surface area contributed by atoms with E-state index in [1.807, 2.05) is 13.8 Å². The highest BCUT2D eigenvalue weighted by molar-refractivity contribution is 5.67. The Morgan fingerprint density at radius 1 is 1.56 bits per heavy atom. The molecule has 2 rings (SSSR count). The van der Waals surface area contributed by atoms with Gasteiger partial charge in [-0.3, -0.25) is 9.89 Å². The summed E-state index contributed by atoms with van der Waals surface area (Å²) in [6.07, 6.45) is 3.24. The lowest BCUT2D eigenvalue weighted by Crippen LogP contribution is -2.21. The van der Waals surface area contributed by atoms with E-state index in [4.69, 9.17) is 5.11 Å². The summed E-state index contributed by atoms with van der Waals surface area (Å²) in [5.74, 6) is -0.249. The van der Waals surface area contributed by atoms with Crippen LogP contribution in [0.2, 0.25) is 0 Å². The van der Waals surface area contributed by atoms with E-state index in [1.54, 1.807) is 17.1 Å². The summed E-state index contributed by atoms with van der Waals surface area (Å²) < 4.78 is 1.55. The molecule has 0 aliphatic rings. The number of rotatable bonds is 5. The molecule has 2 aromatic heterocycles. The van der Waals surface area contributed by atoms with Gasteiger partial charge in [-0.2, -0.15) is 5.10 Å². The number of tetrazole rings is 1. The van der Waals surface area contributed by atoms with Gasteiger partial charge in [-0.05, 0) is 16.3 Å². The Bertz CT molecular complexity index is 518. The summed E-state index contributed by atoms with van der Waals surface area (Å²) in [5.41, 5.74) is 0.732. The molecule has 0 radical (unpaired) electrons. The van der Waals surface area contributed by atoms with Crippen LogP contribution in [0, 0.1) is 5.92 Å². The molecule has 2 heterocycles. The Labute approximate surface area is 103 Å². The third kappa shape index (κ3) is 2.36. The molecule has 0 saturated carbocycles. The van der Waals surface area contributed by atoms with Gasteiger partial charge in [0, 0.05) is 6.20 Å². The van der Waals surface area contributed by atoms with Gasteiger partial charge in [0.15, 0.2) is 5.82 Å². The molecular formula is C10H14N6O2. The molecule has 0 bridgehead atoms. The molecule has 0 fully saturated rings. The zero-order valence-electron chi connectivity index (χ0n) is 10.1. The predicted octanol–water partition coefficient (Wildman–Crippen LogP) is 0.735.